The quantitative estimate of drug-likeness (QED) is 0.759. The summed E-state index contributed by atoms with van der Waals surface area (Å²) in [5.41, 5.74) is 6.17. The van der Waals surface area contributed by atoms with Crippen molar-refractivity contribution in [3.05, 3.63) is 29.8 Å². The second kappa shape index (κ2) is 7.01. The summed E-state index contributed by atoms with van der Waals surface area (Å²) in [6.45, 7) is 2.53. The number of nitrogens with zero attached hydrogens (tertiary/aromatic N) is 1. The number of phenols is 1. The Hall–Kier alpha value is -1.55. The van der Waals surface area contributed by atoms with Crippen LogP contribution in [0.1, 0.15) is 37.8 Å². The molecule has 0 aliphatic heterocycles. The first-order chi connectivity index (χ1) is 8.57. The molecule has 1 amide bonds. The summed E-state index contributed by atoms with van der Waals surface area (Å²) < 4.78 is 0. The summed E-state index contributed by atoms with van der Waals surface area (Å²) in [6.07, 6.45) is 2.18. The van der Waals surface area contributed by atoms with Gasteiger partial charge in [0.1, 0.15) is 5.75 Å². The fourth-order valence-electron chi connectivity index (χ4n) is 1.86. The second-order valence-corrected chi connectivity index (χ2v) is 4.49. The van der Waals surface area contributed by atoms with Crippen molar-refractivity contribution in [2.45, 2.75) is 32.2 Å². The van der Waals surface area contributed by atoms with Crippen LogP contribution in [0.3, 0.4) is 0 Å². The number of benzene rings is 1. The van der Waals surface area contributed by atoms with Gasteiger partial charge in [-0.3, -0.25) is 4.79 Å². The molecule has 18 heavy (non-hydrogen) atoms. The smallest absolute Gasteiger partial charge is 0.222 e. The highest BCUT2D eigenvalue weighted by Crippen LogP contribution is 2.27. The maximum atomic E-state index is 11.9. The van der Waals surface area contributed by atoms with E-state index >= 15 is 0 Å². The molecule has 1 unspecified atom stereocenters. The van der Waals surface area contributed by atoms with Crippen molar-refractivity contribution in [1.82, 2.24) is 4.90 Å². The monoisotopic (exact) mass is 250 g/mol. The van der Waals surface area contributed by atoms with Crippen LogP contribution in [-0.2, 0) is 4.79 Å². The standard InChI is InChI=1S/C14H22N2O2/c1-11(12-7-3-4-8-13(12)17)16(2)14(18)9-5-6-10-15/h3-4,7-8,11,17H,5-6,9-10,15H2,1-2H3. The van der Waals surface area contributed by atoms with Crippen molar-refractivity contribution in [2.24, 2.45) is 5.73 Å². The van der Waals surface area contributed by atoms with Crippen LogP contribution in [0.5, 0.6) is 5.75 Å². The summed E-state index contributed by atoms with van der Waals surface area (Å²) in [7, 11) is 1.77. The van der Waals surface area contributed by atoms with Gasteiger partial charge < -0.3 is 15.7 Å². The van der Waals surface area contributed by atoms with Crippen molar-refractivity contribution in [3.8, 4) is 5.75 Å². The van der Waals surface area contributed by atoms with Gasteiger partial charge >= 0.3 is 0 Å². The highest BCUT2D eigenvalue weighted by Gasteiger charge is 2.18. The molecule has 100 valence electrons. The molecule has 0 aliphatic carbocycles. The molecule has 4 heteroatoms. The number of carbonyl (C=O) groups excluding carboxylic acids is 1. The Kier molecular flexibility index (Phi) is 5.65. The number of hydrogen-bond donors (Lipinski definition) is 2. The maximum absolute atomic E-state index is 11.9. The molecule has 0 spiro atoms. The number of carbonyl (C=O) groups is 1. The largest absolute Gasteiger partial charge is 0.508 e. The fourth-order valence-corrected chi connectivity index (χ4v) is 1.86. The molecule has 1 atom stereocenters. The Labute approximate surface area is 108 Å². The summed E-state index contributed by atoms with van der Waals surface area (Å²) in [6, 6.07) is 6.98. The Morgan fingerprint density at radius 1 is 1.39 bits per heavy atom. The van der Waals surface area contributed by atoms with Gasteiger partial charge in [-0.25, -0.2) is 0 Å². The number of aromatic hydroxyl groups is 1. The molecule has 0 saturated carbocycles. The van der Waals surface area contributed by atoms with Crippen LogP contribution in [0.4, 0.5) is 0 Å². The molecular weight excluding hydrogens is 228 g/mol. The van der Waals surface area contributed by atoms with Gasteiger partial charge in [-0.2, -0.15) is 0 Å². The highest BCUT2D eigenvalue weighted by molar-refractivity contribution is 5.76. The average molecular weight is 250 g/mol. The van der Waals surface area contributed by atoms with Gasteiger partial charge in [0.25, 0.3) is 0 Å². The Bertz CT molecular complexity index is 393. The zero-order valence-electron chi connectivity index (χ0n) is 11.1. The van der Waals surface area contributed by atoms with Crippen molar-refractivity contribution in [3.63, 3.8) is 0 Å². The van der Waals surface area contributed by atoms with Crippen LogP contribution in [-0.4, -0.2) is 29.5 Å². The SMILES string of the molecule is CC(c1ccccc1O)N(C)C(=O)CCCCN. The predicted molar refractivity (Wildman–Crippen MR) is 72.2 cm³/mol. The van der Waals surface area contributed by atoms with Crippen molar-refractivity contribution in [1.29, 1.82) is 0 Å². The average Bonchev–Trinajstić information content (AvgIpc) is 2.38. The molecule has 1 rings (SSSR count). The van der Waals surface area contributed by atoms with Gasteiger partial charge in [0.15, 0.2) is 0 Å². The fraction of sp³-hybridized carbons (Fsp3) is 0.500. The first-order valence-electron chi connectivity index (χ1n) is 6.31. The number of phenolic OH excluding ortho intramolecular Hbond substituents is 1. The third kappa shape index (κ3) is 3.74. The van der Waals surface area contributed by atoms with Crippen LogP contribution in [0.2, 0.25) is 0 Å². The van der Waals surface area contributed by atoms with Crippen molar-refractivity contribution in [2.75, 3.05) is 13.6 Å². The van der Waals surface area contributed by atoms with Crippen molar-refractivity contribution >= 4 is 5.91 Å². The number of para-hydroxylation sites is 1. The molecule has 0 radical (unpaired) electrons. The van der Waals surface area contributed by atoms with Gasteiger partial charge in [0, 0.05) is 19.0 Å². The van der Waals surface area contributed by atoms with Gasteiger partial charge in [0.05, 0.1) is 6.04 Å². The normalized spacial score (nSPS) is 12.2. The van der Waals surface area contributed by atoms with E-state index < -0.39 is 0 Å². The Balaban J connectivity index is 2.63. The maximum Gasteiger partial charge on any atom is 0.222 e. The van der Waals surface area contributed by atoms with E-state index in [1.807, 2.05) is 19.1 Å². The lowest BCUT2D eigenvalue weighted by atomic mass is 10.1. The van der Waals surface area contributed by atoms with Gasteiger partial charge in [-0.05, 0) is 32.4 Å². The van der Waals surface area contributed by atoms with E-state index in [0.29, 0.717) is 13.0 Å². The highest BCUT2D eigenvalue weighted by atomic mass is 16.3. The van der Waals surface area contributed by atoms with E-state index in [9.17, 15) is 9.90 Å². The Morgan fingerprint density at radius 2 is 2.06 bits per heavy atom. The lowest BCUT2D eigenvalue weighted by Crippen LogP contribution is -2.29. The number of hydrogen-bond acceptors (Lipinski definition) is 3. The molecule has 0 aliphatic rings. The lowest BCUT2D eigenvalue weighted by Gasteiger charge is -2.26. The van der Waals surface area contributed by atoms with Crippen LogP contribution in [0, 0.1) is 0 Å². The van der Waals surface area contributed by atoms with E-state index in [0.717, 1.165) is 18.4 Å². The van der Waals surface area contributed by atoms with E-state index in [2.05, 4.69) is 0 Å². The molecule has 3 N–H and O–H groups in total. The third-order valence-electron chi connectivity index (χ3n) is 3.21. The van der Waals surface area contributed by atoms with Crippen LogP contribution in [0.25, 0.3) is 0 Å². The van der Waals surface area contributed by atoms with Crippen LogP contribution < -0.4 is 5.73 Å². The summed E-state index contributed by atoms with van der Waals surface area (Å²) >= 11 is 0. The molecule has 4 nitrogen and oxygen atoms in total. The van der Waals surface area contributed by atoms with Gasteiger partial charge in [-0.1, -0.05) is 18.2 Å². The molecule has 0 saturated heterocycles. The first kappa shape index (κ1) is 14.5. The third-order valence-corrected chi connectivity index (χ3v) is 3.21. The minimum absolute atomic E-state index is 0.0826. The van der Waals surface area contributed by atoms with Crippen molar-refractivity contribution < 1.29 is 9.90 Å². The molecule has 0 fully saturated rings. The van der Waals surface area contributed by atoms with E-state index in [1.54, 1.807) is 24.1 Å². The first-order valence-corrected chi connectivity index (χ1v) is 6.31. The minimum Gasteiger partial charge on any atom is -0.508 e. The topological polar surface area (TPSA) is 66.6 Å². The molecule has 0 heterocycles. The molecule has 1 aromatic carbocycles. The molecule has 0 bridgehead atoms. The van der Waals surface area contributed by atoms with E-state index in [4.69, 9.17) is 5.73 Å². The summed E-state index contributed by atoms with van der Waals surface area (Å²) in [4.78, 5) is 13.6. The molecule has 1 aromatic rings. The van der Waals surface area contributed by atoms with E-state index in [-0.39, 0.29) is 17.7 Å². The number of rotatable bonds is 6. The summed E-state index contributed by atoms with van der Waals surface area (Å²) in [5, 5.41) is 9.77. The number of nitrogens with two attached hydrogens (primary N) is 1. The van der Waals surface area contributed by atoms with Crippen LogP contribution in [0.15, 0.2) is 24.3 Å². The molecular formula is C14H22N2O2. The van der Waals surface area contributed by atoms with Gasteiger partial charge in [0.2, 0.25) is 5.91 Å². The van der Waals surface area contributed by atoms with Gasteiger partial charge in [-0.15, -0.1) is 0 Å². The zero-order valence-corrected chi connectivity index (χ0v) is 11.1. The number of amides is 1. The molecule has 0 aromatic heterocycles. The zero-order chi connectivity index (χ0) is 13.5. The van der Waals surface area contributed by atoms with Crippen LogP contribution >= 0.6 is 0 Å². The predicted octanol–water partition coefficient (Wildman–Crippen LogP) is 2.04. The number of unbranched alkanes of at least 4 members (excludes halogenated alkanes) is 1. The minimum atomic E-state index is -0.128. The second-order valence-electron chi connectivity index (χ2n) is 4.49. The van der Waals surface area contributed by atoms with E-state index in [1.165, 1.54) is 0 Å². The summed E-state index contributed by atoms with van der Waals surface area (Å²) in [5.74, 6) is 0.311. The Morgan fingerprint density at radius 3 is 2.67 bits per heavy atom. The lowest BCUT2D eigenvalue weighted by molar-refractivity contribution is -0.131.